The average Bonchev–Trinajstić information content (AvgIpc) is 2.81. The Morgan fingerprint density at radius 2 is 2.25 bits per heavy atom. The summed E-state index contributed by atoms with van der Waals surface area (Å²) in [5.41, 5.74) is 2.18. The van der Waals surface area contributed by atoms with E-state index in [-0.39, 0.29) is 0 Å². The minimum Gasteiger partial charge on any atom is -0.321 e. The first-order valence-corrected chi connectivity index (χ1v) is 5.60. The van der Waals surface area contributed by atoms with Gasteiger partial charge in [-0.25, -0.2) is 4.85 Å². The standard InChI is InChI=1S/C12H10N2OS/c1-8-6-11(13-3)12(16-8)14-5-4-10(7-15)9(14)2/h4-7H,1-2H3. The molecule has 0 spiro atoms. The Morgan fingerprint density at radius 3 is 2.81 bits per heavy atom. The lowest BCUT2D eigenvalue weighted by molar-refractivity contribution is 0.112. The summed E-state index contributed by atoms with van der Waals surface area (Å²) < 4.78 is 1.90. The van der Waals surface area contributed by atoms with Crippen molar-refractivity contribution in [3.05, 3.63) is 45.9 Å². The van der Waals surface area contributed by atoms with Crippen LogP contribution < -0.4 is 0 Å². The van der Waals surface area contributed by atoms with Gasteiger partial charge in [0.2, 0.25) is 5.69 Å². The second-order valence-corrected chi connectivity index (χ2v) is 4.74. The molecule has 2 heterocycles. The van der Waals surface area contributed by atoms with Crippen molar-refractivity contribution >= 4 is 23.3 Å². The first kappa shape index (κ1) is 10.7. The molecule has 80 valence electrons. The van der Waals surface area contributed by atoms with Gasteiger partial charge in [0.15, 0.2) is 6.29 Å². The van der Waals surface area contributed by atoms with Crippen LogP contribution in [-0.2, 0) is 0 Å². The van der Waals surface area contributed by atoms with Gasteiger partial charge < -0.3 is 4.57 Å². The van der Waals surface area contributed by atoms with Crippen molar-refractivity contribution in [2.75, 3.05) is 0 Å². The van der Waals surface area contributed by atoms with E-state index in [0.29, 0.717) is 11.3 Å². The first-order valence-electron chi connectivity index (χ1n) is 4.78. The quantitative estimate of drug-likeness (QED) is 0.572. The van der Waals surface area contributed by atoms with E-state index in [1.807, 2.05) is 30.7 Å². The topological polar surface area (TPSA) is 26.4 Å². The van der Waals surface area contributed by atoms with Gasteiger partial charge in [-0.05, 0) is 30.9 Å². The summed E-state index contributed by atoms with van der Waals surface area (Å²) in [5.74, 6) is 0. The number of carbonyl (C=O) groups excluding carboxylic acids is 1. The Kier molecular flexibility index (Phi) is 2.63. The smallest absolute Gasteiger partial charge is 0.221 e. The summed E-state index contributed by atoms with van der Waals surface area (Å²) >= 11 is 1.56. The maximum absolute atomic E-state index is 10.8. The van der Waals surface area contributed by atoms with Gasteiger partial charge in [-0.15, -0.1) is 11.3 Å². The van der Waals surface area contributed by atoms with Gasteiger partial charge in [-0.2, -0.15) is 0 Å². The molecule has 0 aliphatic rings. The van der Waals surface area contributed by atoms with E-state index in [1.165, 1.54) is 0 Å². The minimum atomic E-state index is 0.638. The Bertz CT molecular complexity index is 587. The molecular weight excluding hydrogens is 220 g/mol. The zero-order valence-electron chi connectivity index (χ0n) is 9.02. The highest BCUT2D eigenvalue weighted by atomic mass is 32.1. The largest absolute Gasteiger partial charge is 0.321 e. The third-order valence-electron chi connectivity index (χ3n) is 2.47. The molecule has 3 nitrogen and oxygen atoms in total. The molecule has 0 unspecified atom stereocenters. The highest BCUT2D eigenvalue weighted by Gasteiger charge is 2.12. The van der Waals surface area contributed by atoms with E-state index >= 15 is 0 Å². The molecule has 2 aromatic heterocycles. The van der Waals surface area contributed by atoms with Crippen molar-refractivity contribution in [2.24, 2.45) is 0 Å². The molecule has 0 aliphatic carbocycles. The fraction of sp³-hybridized carbons (Fsp3) is 0.167. The lowest BCUT2D eigenvalue weighted by atomic mass is 10.3. The maximum atomic E-state index is 10.8. The van der Waals surface area contributed by atoms with Gasteiger partial charge in [-0.1, -0.05) is 0 Å². The molecule has 2 rings (SSSR count). The Hall–Kier alpha value is -1.86. The molecule has 0 aromatic carbocycles. The van der Waals surface area contributed by atoms with E-state index in [2.05, 4.69) is 4.85 Å². The van der Waals surface area contributed by atoms with Crippen LogP contribution in [0.1, 0.15) is 20.9 Å². The Balaban J connectivity index is 2.63. The third-order valence-corrected chi connectivity index (χ3v) is 3.50. The molecule has 16 heavy (non-hydrogen) atoms. The number of aldehydes is 1. The Labute approximate surface area is 97.8 Å². The SMILES string of the molecule is [C-]#[N+]c1cc(C)sc1-n1ccc(C=O)c1C. The highest BCUT2D eigenvalue weighted by Crippen LogP contribution is 2.34. The average molecular weight is 230 g/mol. The summed E-state index contributed by atoms with van der Waals surface area (Å²) in [6, 6.07) is 3.64. The van der Waals surface area contributed by atoms with Crippen LogP contribution in [0.25, 0.3) is 9.85 Å². The molecular formula is C12H10N2OS. The van der Waals surface area contributed by atoms with E-state index < -0.39 is 0 Å². The van der Waals surface area contributed by atoms with E-state index in [9.17, 15) is 4.79 Å². The fourth-order valence-electron chi connectivity index (χ4n) is 1.61. The van der Waals surface area contributed by atoms with Crippen molar-refractivity contribution in [3.8, 4) is 5.00 Å². The Morgan fingerprint density at radius 1 is 1.50 bits per heavy atom. The number of rotatable bonds is 2. The fourth-order valence-corrected chi connectivity index (χ4v) is 2.59. The zero-order chi connectivity index (χ0) is 11.7. The van der Waals surface area contributed by atoms with Crippen molar-refractivity contribution in [1.82, 2.24) is 4.57 Å². The number of hydrogen-bond donors (Lipinski definition) is 0. The number of aryl methyl sites for hydroxylation is 1. The van der Waals surface area contributed by atoms with E-state index in [1.54, 1.807) is 17.4 Å². The number of aromatic nitrogens is 1. The second-order valence-electron chi connectivity index (χ2n) is 3.50. The monoisotopic (exact) mass is 230 g/mol. The first-order chi connectivity index (χ1) is 7.67. The lowest BCUT2D eigenvalue weighted by Gasteiger charge is -2.03. The van der Waals surface area contributed by atoms with Crippen molar-refractivity contribution in [2.45, 2.75) is 13.8 Å². The molecule has 4 heteroatoms. The highest BCUT2D eigenvalue weighted by molar-refractivity contribution is 7.15. The predicted molar refractivity (Wildman–Crippen MR) is 64.8 cm³/mol. The molecule has 0 fully saturated rings. The van der Waals surface area contributed by atoms with Gasteiger partial charge in [-0.3, -0.25) is 4.79 Å². The molecule has 0 aliphatic heterocycles. The number of carbonyl (C=O) groups is 1. The zero-order valence-corrected chi connectivity index (χ0v) is 9.84. The van der Waals surface area contributed by atoms with Crippen molar-refractivity contribution in [3.63, 3.8) is 0 Å². The molecule has 0 atom stereocenters. The van der Waals surface area contributed by atoms with Gasteiger partial charge in [0.05, 0.1) is 6.57 Å². The van der Waals surface area contributed by atoms with Crippen molar-refractivity contribution in [1.29, 1.82) is 0 Å². The number of hydrogen-bond acceptors (Lipinski definition) is 2. The van der Waals surface area contributed by atoms with Crippen LogP contribution in [0.4, 0.5) is 5.69 Å². The normalized spacial score (nSPS) is 10.1. The minimum absolute atomic E-state index is 0.638. The van der Waals surface area contributed by atoms with Crippen molar-refractivity contribution < 1.29 is 4.79 Å². The third kappa shape index (κ3) is 1.55. The lowest BCUT2D eigenvalue weighted by Crippen LogP contribution is -1.93. The summed E-state index contributed by atoms with van der Waals surface area (Å²) in [7, 11) is 0. The summed E-state index contributed by atoms with van der Waals surface area (Å²) in [6.07, 6.45) is 2.67. The molecule has 0 amide bonds. The molecule has 0 N–H and O–H groups in total. The van der Waals surface area contributed by atoms with E-state index in [0.717, 1.165) is 21.9 Å². The number of thiophene rings is 1. The summed E-state index contributed by atoms with van der Waals surface area (Å²) in [4.78, 5) is 15.4. The van der Waals surface area contributed by atoms with E-state index in [4.69, 9.17) is 6.57 Å². The van der Waals surface area contributed by atoms with Gasteiger partial charge in [0.1, 0.15) is 5.00 Å². The molecule has 0 saturated heterocycles. The number of nitrogens with zero attached hydrogens (tertiary/aromatic N) is 2. The maximum Gasteiger partial charge on any atom is 0.221 e. The van der Waals surface area contributed by atoms with Gasteiger partial charge in [0.25, 0.3) is 0 Å². The predicted octanol–water partition coefficient (Wildman–Crippen LogP) is 3.52. The van der Waals surface area contributed by atoms with Gasteiger partial charge >= 0.3 is 0 Å². The van der Waals surface area contributed by atoms with Crippen LogP contribution in [0.2, 0.25) is 0 Å². The summed E-state index contributed by atoms with van der Waals surface area (Å²) in [6.45, 7) is 11.0. The van der Waals surface area contributed by atoms with Crippen LogP contribution in [0.15, 0.2) is 18.3 Å². The molecule has 0 radical (unpaired) electrons. The molecule has 0 bridgehead atoms. The van der Waals surface area contributed by atoms with Gasteiger partial charge in [0, 0.05) is 17.5 Å². The van der Waals surface area contributed by atoms with Crippen LogP contribution in [0, 0.1) is 20.4 Å². The van der Waals surface area contributed by atoms with Crippen LogP contribution in [0.3, 0.4) is 0 Å². The molecule has 0 saturated carbocycles. The molecule has 2 aromatic rings. The van der Waals surface area contributed by atoms with Crippen LogP contribution in [-0.4, -0.2) is 10.9 Å². The van der Waals surface area contributed by atoms with Crippen LogP contribution in [0.5, 0.6) is 0 Å². The van der Waals surface area contributed by atoms with Crippen LogP contribution >= 0.6 is 11.3 Å². The second kappa shape index (κ2) is 3.95. The summed E-state index contributed by atoms with van der Waals surface area (Å²) in [5, 5.41) is 0.887.